The highest BCUT2D eigenvalue weighted by Gasteiger charge is 2.22. The fraction of sp³-hybridized carbons (Fsp3) is 0.0526. The van der Waals surface area contributed by atoms with Gasteiger partial charge < -0.3 is 0 Å². The van der Waals surface area contributed by atoms with E-state index in [4.69, 9.17) is 0 Å². The summed E-state index contributed by atoms with van der Waals surface area (Å²) in [7, 11) is -7.36. The first kappa shape index (κ1) is 17.4. The molecular weight excluding hydrogens is 356 g/mol. The van der Waals surface area contributed by atoms with E-state index < -0.39 is 19.7 Å². The summed E-state index contributed by atoms with van der Waals surface area (Å²) in [6.45, 7) is 1.72. The Morgan fingerprint density at radius 2 is 0.960 bits per heavy atom. The van der Waals surface area contributed by atoms with E-state index >= 15 is 0 Å². The molecule has 0 aliphatic carbocycles. The first-order chi connectivity index (χ1) is 11.8. The van der Waals surface area contributed by atoms with Crippen molar-refractivity contribution >= 4 is 19.7 Å². The third-order valence-corrected chi connectivity index (χ3v) is 7.60. The zero-order valence-corrected chi connectivity index (χ0v) is 15.1. The van der Waals surface area contributed by atoms with Crippen molar-refractivity contribution in [3.63, 3.8) is 0 Å². The molecule has 3 rings (SSSR count). The molecular formula is C19H16O4S2. The Morgan fingerprint density at radius 3 is 1.52 bits per heavy atom. The van der Waals surface area contributed by atoms with Crippen LogP contribution in [0.4, 0.5) is 0 Å². The summed E-state index contributed by atoms with van der Waals surface area (Å²) in [6, 6.07) is 20.0. The molecule has 0 aliphatic rings. The van der Waals surface area contributed by atoms with E-state index in [2.05, 4.69) is 0 Å². The van der Waals surface area contributed by atoms with Crippen LogP contribution in [0.1, 0.15) is 5.56 Å². The highest BCUT2D eigenvalue weighted by atomic mass is 32.2. The molecule has 0 aromatic heterocycles. The fourth-order valence-corrected chi connectivity index (χ4v) is 5.30. The smallest absolute Gasteiger partial charge is 0.206 e. The molecule has 6 heteroatoms. The van der Waals surface area contributed by atoms with Gasteiger partial charge in [0, 0.05) is 0 Å². The Hall–Kier alpha value is -2.44. The van der Waals surface area contributed by atoms with Crippen LogP contribution in [0.2, 0.25) is 0 Å². The minimum atomic E-state index is -3.69. The number of hydrogen-bond donors (Lipinski definition) is 0. The van der Waals surface area contributed by atoms with Crippen molar-refractivity contribution in [3.05, 3.63) is 84.4 Å². The van der Waals surface area contributed by atoms with Gasteiger partial charge in [-0.25, -0.2) is 16.8 Å². The summed E-state index contributed by atoms with van der Waals surface area (Å²) < 4.78 is 50.6. The molecule has 0 heterocycles. The first-order valence-corrected chi connectivity index (χ1v) is 10.5. The molecule has 128 valence electrons. The maximum Gasteiger partial charge on any atom is 0.206 e. The lowest BCUT2D eigenvalue weighted by molar-refractivity contribution is 0.592. The van der Waals surface area contributed by atoms with Crippen molar-refractivity contribution in [1.29, 1.82) is 0 Å². The van der Waals surface area contributed by atoms with Crippen LogP contribution < -0.4 is 0 Å². The van der Waals surface area contributed by atoms with Crippen molar-refractivity contribution in [3.8, 4) is 0 Å². The van der Waals surface area contributed by atoms with E-state index in [-0.39, 0.29) is 19.6 Å². The lowest BCUT2D eigenvalue weighted by Crippen LogP contribution is -2.06. The van der Waals surface area contributed by atoms with Gasteiger partial charge >= 0.3 is 0 Å². The van der Waals surface area contributed by atoms with Crippen LogP contribution in [0.15, 0.2) is 98.4 Å². The van der Waals surface area contributed by atoms with E-state index in [1.807, 2.05) is 0 Å². The van der Waals surface area contributed by atoms with Gasteiger partial charge in [0.05, 0.1) is 19.6 Å². The lowest BCUT2D eigenvalue weighted by atomic mass is 10.2. The lowest BCUT2D eigenvalue weighted by Gasteiger charge is -2.09. The van der Waals surface area contributed by atoms with Crippen molar-refractivity contribution in [2.75, 3.05) is 0 Å². The van der Waals surface area contributed by atoms with Crippen LogP contribution in [-0.2, 0) is 19.7 Å². The zero-order chi connectivity index (χ0) is 18.1. The molecule has 0 spiro atoms. The standard InChI is InChI=1S/C19H16O4S2/c1-15-7-5-6-10-19(15)25(22,23)18-13-11-17(12-14-18)24(20,21)16-8-3-2-4-9-16/h2-14H,1H3. The molecule has 0 unspecified atom stereocenters. The summed E-state index contributed by atoms with van der Waals surface area (Å²) in [5.41, 5.74) is 0.642. The Labute approximate surface area is 147 Å². The topological polar surface area (TPSA) is 68.3 Å². The number of sulfone groups is 2. The Kier molecular flexibility index (Phi) is 4.49. The molecule has 3 aromatic carbocycles. The maximum absolute atomic E-state index is 12.7. The monoisotopic (exact) mass is 372 g/mol. The summed E-state index contributed by atoms with van der Waals surface area (Å²) in [6.07, 6.45) is 0. The van der Waals surface area contributed by atoms with E-state index in [0.29, 0.717) is 5.56 Å². The average Bonchev–Trinajstić information content (AvgIpc) is 2.63. The minimum absolute atomic E-state index is 0.0578. The molecule has 0 aliphatic heterocycles. The second kappa shape index (κ2) is 6.46. The summed E-state index contributed by atoms with van der Waals surface area (Å²) in [4.78, 5) is 0.509. The quantitative estimate of drug-likeness (QED) is 0.701. The molecule has 25 heavy (non-hydrogen) atoms. The fourth-order valence-electron chi connectivity index (χ4n) is 2.52. The molecule has 0 radical (unpaired) electrons. The van der Waals surface area contributed by atoms with Crippen LogP contribution in [0.3, 0.4) is 0 Å². The van der Waals surface area contributed by atoms with Crippen LogP contribution in [0.25, 0.3) is 0 Å². The predicted molar refractivity (Wildman–Crippen MR) is 95.0 cm³/mol. The Morgan fingerprint density at radius 1 is 0.520 bits per heavy atom. The van der Waals surface area contributed by atoms with Crippen LogP contribution in [0, 0.1) is 6.92 Å². The second-order valence-electron chi connectivity index (χ2n) is 5.56. The van der Waals surface area contributed by atoms with Crippen LogP contribution in [-0.4, -0.2) is 16.8 Å². The van der Waals surface area contributed by atoms with Gasteiger partial charge in [-0.15, -0.1) is 0 Å². The van der Waals surface area contributed by atoms with Crippen molar-refractivity contribution in [2.24, 2.45) is 0 Å². The summed E-state index contributed by atoms with van der Waals surface area (Å²) >= 11 is 0. The number of rotatable bonds is 4. The Balaban J connectivity index is 2.03. The SMILES string of the molecule is Cc1ccccc1S(=O)(=O)c1ccc(S(=O)(=O)c2ccccc2)cc1. The zero-order valence-electron chi connectivity index (χ0n) is 13.5. The van der Waals surface area contributed by atoms with E-state index in [0.717, 1.165) is 0 Å². The normalized spacial score (nSPS) is 12.0. The van der Waals surface area contributed by atoms with Gasteiger partial charge in [0.1, 0.15) is 0 Å². The third-order valence-electron chi connectivity index (χ3n) is 3.88. The molecule has 0 saturated carbocycles. The molecule has 0 fully saturated rings. The summed E-state index contributed by atoms with van der Waals surface area (Å²) in [5.74, 6) is 0. The molecule has 4 nitrogen and oxygen atoms in total. The molecule has 0 amide bonds. The number of benzene rings is 3. The second-order valence-corrected chi connectivity index (χ2v) is 9.42. The number of aryl methyl sites for hydroxylation is 1. The Bertz CT molecular complexity index is 1100. The van der Waals surface area contributed by atoms with Crippen LogP contribution in [0.5, 0.6) is 0 Å². The molecule has 0 saturated heterocycles. The minimum Gasteiger partial charge on any atom is -0.219 e. The van der Waals surface area contributed by atoms with Crippen molar-refractivity contribution in [1.82, 2.24) is 0 Å². The average molecular weight is 372 g/mol. The third kappa shape index (κ3) is 3.23. The van der Waals surface area contributed by atoms with Gasteiger partial charge in [-0.05, 0) is 55.0 Å². The first-order valence-electron chi connectivity index (χ1n) is 7.54. The van der Waals surface area contributed by atoms with E-state index in [1.54, 1.807) is 49.4 Å². The highest BCUT2D eigenvalue weighted by molar-refractivity contribution is 7.92. The highest BCUT2D eigenvalue weighted by Crippen LogP contribution is 2.26. The molecule has 0 N–H and O–H groups in total. The van der Waals surface area contributed by atoms with Crippen LogP contribution >= 0.6 is 0 Å². The van der Waals surface area contributed by atoms with Gasteiger partial charge in [-0.2, -0.15) is 0 Å². The van der Waals surface area contributed by atoms with Gasteiger partial charge in [-0.3, -0.25) is 0 Å². The largest absolute Gasteiger partial charge is 0.219 e. The molecule has 0 atom stereocenters. The summed E-state index contributed by atoms with van der Waals surface area (Å²) in [5, 5.41) is 0. The van der Waals surface area contributed by atoms with Gasteiger partial charge in [-0.1, -0.05) is 36.4 Å². The molecule has 0 bridgehead atoms. The number of hydrogen-bond acceptors (Lipinski definition) is 4. The van der Waals surface area contributed by atoms with Crippen molar-refractivity contribution in [2.45, 2.75) is 26.5 Å². The maximum atomic E-state index is 12.7. The van der Waals surface area contributed by atoms with Gasteiger partial charge in [0.25, 0.3) is 0 Å². The predicted octanol–water partition coefficient (Wildman–Crippen LogP) is 3.66. The van der Waals surface area contributed by atoms with Gasteiger partial charge in [0.15, 0.2) is 0 Å². The van der Waals surface area contributed by atoms with E-state index in [9.17, 15) is 16.8 Å². The molecule has 3 aromatic rings. The van der Waals surface area contributed by atoms with Gasteiger partial charge in [0.2, 0.25) is 19.7 Å². The van der Waals surface area contributed by atoms with Crippen molar-refractivity contribution < 1.29 is 16.8 Å². The van der Waals surface area contributed by atoms with E-state index in [1.165, 1.54) is 36.4 Å².